The van der Waals surface area contributed by atoms with E-state index in [1.165, 1.54) is 22.5 Å². The molecule has 0 amide bonds. The van der Waals surface area contributed by atoms with Gasteiger partial charge in [-0.2, -0.15) is 4.31 Å². The SMILES string of the molecule is CCCn1c(N)c(C(=O)CN2CCN(S(=O)(=O)c3cccc([N+](=O)[O-])c3)CC2)c(=O)[nH]c1=O. The minimum absolute atomic E-state index is 0.0550. The van der Waals surface area contributed by atoms with Crippen molar-refractivity contribution in [2.24, 2.45) is 0 Å². The molecule has 3 rings (SSSR count). The second-order valence-corrected chi connectivity index (χ2v) is 9.47. The van der Waals surface area contributed by atoms with Gasteiger partial charge < -0.3 is 5.73 Å². The topological polar surface area (TPSA) is 182 Å². The van der Waals surface area contributed by atoms with Crippen LogP contribution < -0.4 is 17.0 Å². The molecule has 2 heterocycles. The van der Waals surface area contributed by atoms with Gasteiger partial charge in [0.05, 0.1) is 16.4 Å². The average Bonchev–Trinajstić information content (AvgIpc) is 2.77. The van der Waals surface area contributed by atoms with Crippen molar-refractivity contribution in [3.63, 3.8) is 0 Å². The summed E-state index contributed by atoms with van der Waals surface area (Å²) in [6, 6.07) is 4.81. The molecular weight excluding hydrogens is 456 g/mol. The van der Waals surface area contributed by atoms with Crippen LogP contribution >= 0.6 is 0 Å². The summed E-state index contributed by atoms with van der Waals surface area (Å²) in [7, 11) is -3.95. The maximum absolute atomic E-state index is 12.9. The maximum Gasteiger partial charge on any atom is 0.329 e. The number of anilines is 1. The van der Waals surface area contributed by atoms with E-state index in [1.807, 2.05) is 6.92 Å². The Hall–Kier alpha value is -3.36. The van der Waals surface area contributed by atoms with Crippen LogP contribution in [0, 0.1) is 10.1 Å². The fourth-order valence-corrected chi connectivity index (χ4v) is 5.08. The summed E-state index contributed by atoms with van der Waals surface area (Å²) >= 11 is 0. The molecule has 1 aromatic carbocycles. The number of sulfonamides is 1. The number of ketones is 1. The molecule has 0 aliphatic carbocycles. The normalized spacial score (nSPS) is 15.4. The number of benzene rings is 1. The van der Waals surface area contributed by atoms with Gasteiger partial charge in [0.2, 0.25) is 10.0 Å². The quantitative estimate of drug-likeness (QED) is 0.289. The third kappa shape index (κ3) is 5.02. The minimum Gasteiger partial charge on any atom is -0.384 e. The van der Waals surface area contributed by atoms with Crippen LogP contribution in [-0.4, -0.2) is 70.6 Å². The smallest absolute Gasteiger partial charge is 0.329 e. The van der Waals surface area contributed by atoms with E-state index >= 15 is 0 Å². The van der Waals surface area contributed by atoms with E-state index in [4.69, 9.17) is 5.73 Å². The van der Waals surface area contributed by atoms with Crippen LogP contribution in [0.4, 0.5) is 11.5 Å². The van der Waals surface area contributed by atoms with Crippen LogP contribution in [0.3, 0.4) is 0 Å². The number of H-pyrrole nitrogens is 1. The summed E-state index contributed by atoms with van der Waals surface area (Å²) in [5, 5.41) is 10.9. The van der Waals surface area contributed by atoms with Gasteiger partial charge in [-0.3, -0.25) is 34.2 Å². The van der Waals surface area contributed by atoms with Crippen molar-refractivity contribution in [2.45, 2.75) is 24.8 Å². The van der Waals surface area contributed by atoms with Crippen LogP contribution in [0.15, 0.2) is 38.8 Å². The number of non-ortho nitro benzene ring substituents is 1. The van der Waals surface area contributed by atoms with Crippen LogP contribution in [0.25, 0.3) is 0 Å². The van der Waals surface area contributed by atoms with Crippen LogP contribution in [0.2, 0.25) is 0 Å². The number of Topliss-reactive ketones (excluding diaryl/α,β-unsaturated/α-hetero) is 1. The lowest BCUT2D eigenvalue weighted by molar-refractivity contribution is -0.385. The Morgan fingerprint density at radius 2 is 1.88 bits per heavy atom. The molecule has 1 aromatic heterocycles. The van der Waals surface area contributed by atoms with Gasteiger partial charge in [0.25, 0.3) is 11.2 Å². The Labute approximate surface area is 188 Å². The number of rotatable bonds is 8. The highest BCUT2D eigenvalue weighted by Gasteiger charge is 2.31. The lowest BCUT2D eigenvalue weighted by Gasteiger charge is -2.33. The fourth-order valence-electron chi connectivity index (χ4n) is 3.62. The number of piperazine rings is 1. The number of aromatic amines is 1. The average molecular weight is 481 g/mol. The minimum atomic E-state index is -3.95. The summed E-state index contributed by atoms with van der Waals surface area (Å²) in [5.41, 5.74) is 3.76. The van der Waals surface area contributed by atoms with Crippen LogP contribution in [0.1, 0.15) is 23.7 Å². The van der Waals surface area contributed by atoms with E-state index < -0.39 is 32.0 Å². The lowest BCUT2D eigenvalue weighted by atomic mass is 10.1. The molecule has 14 heteroatoms. The summed E-state index contributed by atoms with van der Waals surface area (Å²) in [6.45, 7) is 2.40. The molecule has 0 saturated carbocycles. The first-order valence-corrected chi connectivity index (χ1v) is 11.6. The Bertz CT molecular complexity index is 1290. The van der Waals surface area contributed by atoms with E-state index in [2.05, 4.69) is 4.98 Å². The second kappa shape index (κ2) is 9.64. The first-order chi connectivity index (χ1) is 15.6. The Kier molecular flexibility index (Phi) is 7.09. The number of nitrogens with two attached hydrogens (primary N) is 1. The van der Waals surface area contributed by atoms with Gasteiger partial charge >= 0.3 is 5.69 Å². The van der Waals surface area contributed by atoms with Crippen molar-refractivity contribution < 1.29 is 18.1 Å². The summed E-state index contributed by atoms with van der Waals surface area (Å²) in [4.78, 5) is 50.8. The number of carbonyl (C=O) groups excluding carboxylic acids is 1. The van der Waals surface area contributed by atoms with Crippen molar-refractivity contribution in [2.75, 3.05) is 38.5 Å². The molecule has 0 bridgehead atoms. The molecule has 1 saturated heterocycles. The Morgan fingerprint density at radius 3 is 2.48 bits per heavy atom. The predicted octanol–water partition coefficient (Wildman–Crippen LogP) is -0.374. The van der Waals surface area contributed by atoms with Crippen LogP contribution in [0.5, 0.6) is 0 Å². The second-order valence-electron chi connectivity index (χ2n) is 7.53. The highest BCUT2D eigenvalue weighted by Crippen LogP contribution is 2.22. The van der Waals surface area contributed by atoms with Gasteiger partial charge in [-0.05, 0) is 12.5 Å². The van der Waals surface area contributed by atoms with Gasteiger partial charge in [0.1, 0.15) is 11.4 Å². The zero-order valence-corrected chi connectivity index (χ0v) is 18.7. The maximum atomic E-state index is 12.9. The van der Waals surface area contributed by atoms with Crippen molar-refractivity contribution in [3.05, 3.63) is 60.8 Å². The zero-order valence-electron chi connectivity index (χ0n) is 17.9. The first kappa shape index (κ1) is 24.3. The zero-order chi connectivity index (χ0) is 24.3. The standard InChI is InChI=1S/C19H24N6O7S/c1-2-6-24-17(20)16(18(27)21-19(24)28)15(26)12-22-7-9-23(10-8-22)33(31,32)14-5-3-4-13(11-14)25(29)30/h3-5,11H,2,6-10,12,20H2,1H3,(H,21,27,28). The van der Waals surface area contributed by atoms with Gasteiger partial charge in [-0.1, -0.05) is 13.0 Å². The van der Waals surface area contributed by atoms with Crippen molar-refractivity contribution in [3.8, 4) is 0 Å². The molecule has 0 radical (unpaired) electrons. The molecular formula is C19H24N6O7S. The molecule has 1 aliphatic heterocycles. The molecule has 1 fully saturated rings. The predicted molar refractivity (Wildman–Crippen MR) is 119 cm³/mol. The van der Waals surface area contributed by atoms with Crippen molar-refractivity contribution in [1.82, 2.24) is 18.8 Å². The molecule has 13 nitrogen and oxygen atoms in total. The third-order valence-corrected chi connectivity index (χ3v) is 7.22. The van der Waals surface area contributed by atoms with E-state index in [0.29, 0.717) is 6.42 Å². The third-order valence-electron chi connectivity index (χ3n) is 5.33. The van der Waals surface area contributed by atoms with E-state index in [9.17, 15) is 32.9 Å². The number of carbonyl (C=O) groups is 1. The number of hydrogen-bond donors (Lipinski definition) is 2. The highest BCUT2D eigenvalue weighted by atomic mass is 32.2. The van der Waals surface area contributed by atoms with Gasteiger partial charge in [-0.25, -0.2) is 13.2 Å². The lowest BCUT2D eigenvalue weighted by Crippen LogP contribution is -2.50. The molecule has 0 spiro atoms. The number of nitrogen functional groups attached to an aromatic ring is 1. The van der Waals surface area contributed by atoms with Gasteiger partial charge in [0.15, 0.2) is 5.78 Å². The fraction of sp³-hybridized carbons (Fsp3) is 0.421. The molecule has 2 aromatic rings. The molecule has 0 atom stereocenters. The van der Waals surface area contributed by atoms with Crippen LogP contribution in [-0.2, 0) is 16.6 Å². The summed E-state index contributed by atoms with van der Waals surface area (Å²) < 4.78 is 28.0. The Morgan fingerprint density at radius 1 is 1.21 bits per heavy atom. The largest absolute Gasteiger partial charge is 0.384 e. The number of nitrogens with one attached hydrogen (secondary N) is 1. The number of nitro groups is 1. The molecule has 178 valence electrons. The number of aromatic nitrogens is 2. The highest BCUT2D eigenvalue weighted by molar-refractivity contribution is 7.89. The number of nitrogens with zero attached hydrogens (tertiary/aromatic N) is 4. The van der Waals surface area contributed by atoms with E-state index in [1.54, 1.807) is 4.90 Å². The number of hydrogen-bond acceptors (Lipinski definition) is 9. The number of nitro benzene ring substituents is 1. The van der Waals surface area contributed by atoms with Gasteiger partial charge in [0, 0.05) is 44.9 Å². The van der Waals surface area contributed by atoms with Gasteiger partial charge in [-0.15, -0.1) is 0 Å². The summed E-state index contributed by atoms with van der Waals surface area (Å²) in [6.07, 6.45) is 0.574. The summed E-state index contributed by atoms with van der Waals surface area (Å²) in [5.74, 6) is -0.768. The van der Waals surface area contributed by atoms with Crippen molar-refractivity contribution >= 4 is 27.3 Å². The molecule has 33 heavy (non-hydrogen) atoms. The molecule has 1 aliphatic rings. The molecule has 0 unspecified atom stereocenters. The monoisotopic (exact) mass is 480 g/mol. The van der Waals surface area contributed by atoms with Crippen molar-refractivity contribution in [1.29, 1.82) is 0 Å². The Balaban J connectivity index is 1.71. The van der Waals surface area contributed by atoms with E-state index in [0.717, 1.165) is 10.6 Å². The first-order valence-electron chi connectivity index (χ1n) is 10.2. The molecule has 3 N–H and O–H groups in total. The van der Waals surface area contributed by atoms with E-state index in [-0.39, 0.29) is 61.2 Å².